The average molecular weight is 395 g/mol. The van der Waals surface area contributed by atoms with Gasteiger partial charge >= 0.3 is 0 Å². The number of carbonyl (C=O) groups excluding carboxylic acids is 1. The van der Waals surface area contributed by atoms with Gasteiger partial charge in [0.2, 0.25) is 5.91 Å². The number of likely N-dealkylation sites (tertiary alicyclic amines) is 1. The molecule has 0 bridgehead atoms. The Kier molecular flexibility index (Phi) is 9.35. The molecule has 150 valence electrons. The van der Waals surface area contributed by atoms with Gasteiger partial charge in [0.15, 0.2) is 5.96 Å². The molecule has 27 heavy (non-hydrogen) atoms. The van der Waals surface area contributed by atoms with Crippen molar-refractivity contribution in [1.82, 2.24) is 20.5 Å². The first-order valence-corrected chi connectivity index (χ1v) is 10.0. The molecule has 0 saturated carbocycles. The van der Waals surface area contributed by atoms with Crippen LogP contribution in [0.15, 0.2) is 23.3 Å². The minimum Gasteiger partial charge on any atom is -0.369 e. The summed E-state index contributed by atoms with van der Waals surface area (Å²) in [6, 6.07) is 3.79. The zero-order valence-electron chi connectivity index (χ0n) is 16.1. The summed E-state index contributed by atoms with van der Waals surface area (Å²) in [6.45, 7) is 4.70. The van der Waals surface area contributed by atoms with Crippen molar-refractivity contribution in [3.63, 3.8) is 0 Å². The van der Waals surface area contributed by atoms with E-state index in [1.807, 2.05) is 6.07 Å². The standard InChI is InChI=1S/C19H31ClN6O/c1-22-19(24-10-6-15-4-5-17(20)25-14-15)23-9-2-3-11-26-12-7-16(8-13-26)18(21)27/h4-5,14,16H,2-3,6-13H2,1H3,(H2,21,27)(H2,22,23,24). The summed E-state index contributed by atoms with van der Waals surface area (Å²) < 4.78 is 0. The van der Waals surface area contributed by atoms with E-state index >= 15 is 0 Å². The van der Waals surface area contributed by atoms with Crippen LogP contribution in [0.5, 0.6) is 0 Å². The maximum Gasteiger partial charge on any atom is 0.220 e. The molecule has 1 saturated heterocycles. The summed E-state index contributed by atoms with van der Waals surface area (Å²) >= 11 is 5.79. The van der Waals surface area contributed by atoms with Gasteiger partial charge in [-0.15, -0.1) is 0 Å². The Bertz CT molecular complexity index is 599. The number of piperidine rings is 1. The first-order chi connectivity index (χ1) is 13.1. The fourth-order valence-electron chi connectivity index (χ4n) is 3.21. The molecule has 0 aromatic carbocycles. The number of amides is 1. The van der Waals surface area contributed by atoms with Crippen molar-refractivity contribution in [2.24, 2.45) is 16.6 Å². The first kappa shape index (κ1) is 21.4. The Balaban J connectivity index is 1.52. The van der Waals surface area contributed by atoms with Crippen molar-refractivity contribution in [3.8, 4) is 0 Å². The molecule has 1 amide bonds. The minimum absolute atomic E-state index is 0.0703. The lowest BCUT2D eigenvalue weighted by Gasteiger charge is -2.30. The maximum atomic E-state index is 11.2. The van der Waals surface area contributed by atoms with E-state index in [1.54, 1.807) is 19.3 Å². The summed E-state index contributed by atoms with van der Waals surface area (Å²) in [4.78, 5) is 21.9. The third-order valence-corrected chi connectivity index (χ3v) is 5.13. The summed E-state index contributed by atoms with van der Waals surface area (Å²) in [6.07, 6.45) is 6.67. The molecule has 1 aliphatic rings. The van der Waals surface area contributed by atoms with Crippen LogP contribution in [0.2, 0.25) is 5.15 Å². The fourth-order valence-corrected chi connectivity index (χ4v) is 3.32. The SMILES string of the molecule is CN=C(NCCCCN1CCC(C(N)=O)CC1)NCCc1ccc(Cl)nc1. The highest BCUT2D eigenvalue weighted by Crippen LogP contribution is 2.16. The number of hydrogen-bond acceptors (Lipinski definition) is 4. The van der Waals surface area contributed by atoms with E-state index in [0.29, 0.717) is 5.15 Å². The molecule has 0 aliphatic carbocycles. The lowest BCUT2D eigenvalue weighted by Crippen LogP contribution is -2.40. The number of aliphatic imine (C=N–C) groups is 1. The number of carbonyl (C=O) groups is 1. The Morgan fingerprint density at radius 1 is 1.30 bits per heavy atom. The van der Waals surface area contributed by atoms with Gasteiger partial charge in [-0.2, -0.15) is 0 Å². The van der Waals surface area contributed by atoms with Crippen LogP contribution in [0.4, 0.5) is 0 Å². The Labute approximate surface area is 166 Å². The predicted octanol–water partition coefficient (Wildman–Crippen LogP) is 1.42. The summed E-state index contributed by atoms with van der Waals surface area (Å²) in [7, 11) is 1.78. The van der Waals surface area contributed by atoms with Gasteiger partial charge in [-0.25, -0.2) is 4.98 Å². The molecule has 2 heterocycles. The van der Waals surface area contributed by atoms with Crippen molar-refractivity contribution in [2.45, 2.75) is 32.1 Å². The number of guanidine groups is 1. The quantitative estimate of drug-likeness (QED) is 0.255. The Hall–Kier alpha value is -1.86. The number of rotatable bonds is 9. The van der Waals surface area contributed by atoms with E-state index in [-0.39, 0.29) is 11.8 Å². The highest BCUT2D eigenvalue weighted by atomic mass is 35.5. The molecule has 0 unspecified atom stereocenters. The molecule has 1 aromatic rings. The lowest BCUT2D eigenvalue weighted by atomic mass is 9.96. The topological polar surface area (TPSA) is 95.6 Å². The van der Waals surface area contributed by atoms with E-state index < -0.39 is 0 Å². The molecule has 2 rings (SSSR count). The third-order valence-electron chi connectivity index (χ3n) is 4.90. The van der Waals surface area contributed by atoms with Crippen molar-refractivity contribution in [3.05, 3.63) is 29.0 Å². The second-order valence-corrected chi connectivity index (χ2v) is 7.28. The molecular formula is C19H31ClN6O. The number of pyridine rings is 1. The van der Waals surface area contributed by atoms with Crippen molar-refractivity contribution in [1.29, 1.82) is 0 Å². The fraction of sp³-hybridized carbons (Fsp3) is 0.632. The molecule has 0 radical (unpaired) electrons. The molecule has 4 N–H and O–H groups in total. The molecule has 1 fully saturated rings. The van der Waals surface area contributed by atoms with E-state index in [4.69, 9.17) is 17.3 Å². The number of aromatic nitrogens is 1. The first-order valence-electron chi connectivity index (χ1n) is 9.65. The van der Waals surface area contributed by atoms with E-state index in [9.17, 15) is 4.79 Å². The Morgan fingerprint density at radius 2 is 2.04 bits per heavy atom. The van der Waals surface area contributed by atoms with Gasteiger partial charge in [0.25, 0.3) is 0 Å². The van der Waals surface area contributed by atoms with E-state index in [0.717, 1.165) is 76.4 Å². The molecule has 1 aromatic heterocycles. The number of primary amides is 1. The highest BCUT2D eigenvalue weighted by molar-refractivity contribution is 6.29. The van der Waals surface area contributed by atoms with Crippen LogP contribution < -0.4 is 16.4 Å². The number of halogens is 1. The second-order valence-electron chi connectivity index (χ2n) is 6.89. The monoisotopic (exact) mass is 394 g/mol. The number of unbranched alkanes of at least 4 members (excludes halogenated alkanes) is 1. The zero-order chi connectivity index (χ0) is 19.5. The molecule has 0 atom stereocenters. The lowest BCUT2D eigenvalue weighted by molar-refractivity contribution is -0.123. The van der Waals surface area contributed by atoms with Gasteiger partial charge in [-0.05, 0) is 63.4 Å². The third kappa shape index (κ3) is 8.13. The highest BCUT2D eigenvalue weighted by Gasteiger charge is 2.22. The van der Waals surface area contributed by atoms with Crippen molar-refractivity contribution in [2.75, 3.05) is 39.8 Å². The second kappa shape index (κ2) is 11.8. The van der Waals surface area contributed by atoms with E-state index in [1.165, 1.54) is 0 Å². The van der Waals surface area contributed by atoms with Crippen LogP contribution in [0, 0.1) is 5.92 Å². The van der Waals surface area contributed by atoms with Gasteiger partial charge in [0, 0.05) is 32.3 Å². The van der Waals surface area contributed by atoms with Crippen LogP contribution in [0.25, 0.3) is 0 Å². The van der Waals surface area contributed by atoms with Crippen molar-refractivity contribution >= 4 is 23.5 Å². The largest absolute Gasteiger partial charge is 0.369 e. The minimum atomic E-state index is -0.148. The van der Waals surface area contributed by atoms with Gasteiger partial charge < -0.3 is 21.3 Å². The maximum absolute atomic E-state index is 11.2. The number of nitrogens with zero attached hydrogens (tertiary/aromatic N) is 3. The van der Waals surface area contributed by atoms with Crippen LogP contribution >= 0.6 is 11.6 Å². The molecule has 7 nitrogen and oxygen atoms in total. The average Bonchev–Trinajstić information content (AvgIpc) is 2.68. The zero-order valence-corrected chi connectivity index (χ0v) is 16.8. The van der Waals surface area contributed by atoms with Gasteiger partial charge in [-0.1, -0.05) is 17.7 Å². The Morgan fingerprint density at radius 3 is 2.67 bits per heavy atom. The van der Waals surface area contributed by atoms with Crippen LogP contribution in [0.3, 0.4) is 0 Å². The molecule has 1 aliphatic heterocycles. The smallest absolute Gasteiger partial charge is 0.220 e. The van der Waals surface area contributed by atoms with E-state index in [2.05, 4.69) is 25.5 Å². The van der Waals surface area contributed by atoms with Crippen molar-refractivity contribution < 1.29 is 4.79 Å². The number of nitrogens with one attached hydrogen (secondary N) is 2. The van der Waals surface area contributed by atoms with Gasteiger partial charge in [0.1, 0.15) is 5.15 Å². The summed E-state index contributed by atoms with van der Waals surface area (Å²) in [5.74, 6) is 0.741. The van der Waals surface area contributed by atoms with Gasteiger partial charge in [-0.3, -0.25) is 9.79 Å². The van der Waals surface area contributed by atoms with Crippen LogP contribution in [-0.2, 0) is 11.2 Å². The number of nitrogens with two attached hydrogens (primary N) is 1. The predicted molar refractivity (Wildman–Crippen MR) is 110 cm³/mol. The molecule has 8 heteroatoms. The summed E-state index contributed by atoms with van der Waals surface area (Å²) in [5.41, 5.74) is 6.52. The molecule has 0 spiro atoms. The van der Waals surface area contributed by atoms with Crippen LogP contribution in [-0.4, -0.2) is 61.5 Å². The van der Waals surface area contributed by atoms with Gasteiger partial charge in [0.05, 0.1) is 0 Å². The summed E-state index contributed by atoms with van der Waals surface area (Å²) in [5, 5.41) is 7.17. The molecular weight excluding hydrogens is 364 g/mol. The number of hydrogen-bond donors (Lipinski definition) is 3. The normalized spacial score (nSPS) is 16.3. The van der Waals surface area contributed by atoms with Crippen LogP contribution in [0.1, 0.15) is 31.2 Å².